The van der Waals surface area contributed by atoms with Gasteiger partial charge in [0, 0.05) is 13.0 Å². The highest BCUT2D eigenvalue weighted by Crippen LogP contribution is 2.14. The summed E-state index contributed by atoms with van der Waals surface area (Å²) in [7, 11) is 0. The summed E-state index contributed by atoms with van der Waals surface area (Å²) in [6.45, 7) is 3.11. The molecule has 1 aliphatic heterocycles. The van der Waals surface area contributed by atoms with Crippen LogP contribution in [-0.4, -0.2) is 20.7 Å². The van der Waals surface area contributed by atoms with Crippen molar-refractivity contribution in [1.82, 2.24) is 20.1 Å². The van der Waals surface area contributed by atoms with Gasteiger partial charge in [-0.25, -0.2) is 0 Å². The first-order valence-electron chi connectivity index (χ1n) is 5.99. The maximum Gasteiger partial charge on any atom is 0.255 e. The van der Waals surface area contributed by atoms with Crippen LogP contribution in [0.3, 0.4) is 0 Å². The molecule has 0 saturated heterocycles. The fourth-order valence-electron chi connectivity index (χ4n) is 2.22. The minimum absolute atomic E-state index is 0.142. The van der Waals surface area contributed by atoms with Crippen molar-refractivity contribution in [3.8, 4) is 0 Å². The van der Waals surface area contributed by atoms with Crippen molar-refractivity contribution in [2.24, 2.45) is 0 Å². The van der Waals surface area contributed by atoms with E-state index in [1.54, 1.807) is 13.0 Å². The molecule has 2 aromatic heterocycles. The highest BCUT2D eigenvalue weighted by atomic mass is 16.3. The van der Waals surface area contributed by atoms with Crippen molar-refractivity contribution in [1.29, 1.82) is 0 Å². The van der Waals surface area contributed by atoms with E-state index in [4.69, 9.17) is 4.42 Å². The maximum absolute atomic E-state index is 11.9. The monoisotopic (exact) mass is 246 g/mol. The second kappa shape index (κ2) is 4.29. The molecule has 0 radical (unpaired) electrons. The summed E-state index contributed by atoms with van der Waals surface area (Å²) >= 11 is 0. The Morgan fingerprint density at radius 3 is 3.22 bits per heavy atom. The van der Waals surface area contributed by atoms with E-state index in [1.807, 2.05) is 0 Å². The highest BCUT2D eigenvalue weighted by Gasteiger charge is 2.18. The minimum atomic E-state index is -0.142. The molecule has 0 aromatic carbocycles. The van der Waals surface area contributed by atoms with E-state index in [0.717, 1.165) is 31.0 Å². The summed E-state index contributed by atoms with van der Waals surface area (Å²) < 4.78 is 7.17. The average Bonchev–Trinajstić information content (AvgIpc) is 3.02. The fourth-order valence-corrected chi connectivity index (χ4v) is 2.22. The molecule has 0 unspecified atom stereocenters. The van der Waals surface area contributed by atoms with E-state index in [2.05, 4.69) is 20.1 Å². The third-order valence-electron chi connectivity index (χ3n) is 3.20. The molecular formula is C12H14N4O2. The van der Waals surface area contributed by atoms with E-state index in [1.165, 1.54) is 6.26 Å². The summed E-state index contributed by atoms with van der Waals surface area (Å²) in [5, 5.41) is 11.0. The molecular weight excluding hydrogens is 232 g/mol. The first-order chi connectivity index (χ1) is 8.75. The number of furan rings is 1. The standard InChI is InChI=1S/C12H14N4O2/c1-8-9(4-6-18-8)12(17)13-7-11-15-14-10-3-2-5-16(10)11/h4,6H,2-3,5,7H2,1H3,(H,13,17). The predicted molar refractivity (Wildman–Crippen MR) is 63.0 cm³/mol. The lowest BCUT2D eigenvalue weighted by Crippen LogP contribution is -2.24. The summed E-state index contributed by atoms with van der Waals surface area (Å²) in [6.07, 6.45) is 3.59. The number of aryl methyl sites for hydroxylation is 2. The Bertz CT molecular complexity index is 585. The molecule has 0 fully saturated rings. The number of fused-ring (bicyclic) bond motifs is 1. The molecule has 1 N–H and O–H groups in total. The number of nitrogens with zero attached hydrogens (tertiary/aromatic N) is 3. The maximum atomic E-state index is 11.9. The molecule has 1 aliphatic rings. The van der Waals surface area contributed by atoms with Crippen LogP contribution in [0.15, 0.2) is 16.7 Å². The largest absolute Gasteiger partial charge is 0.469 e. The second-order valence-electron chi connectivity index (χ2n) is 4.36. The molecule has 6 heteroatoms. The highest BCUT2D eigenvalue weighted by molar-refractivity contribution is 5.94. The molecule has 0 saturated carbocycles. The molecule has 6 nitrogen and oxygen atoms in total. The topological polar surface area (TPSA) is 73.0 Å². The van der Waals surface area contributed by atoms with E-state index < -0.39 is 0 Å². The molecule has 0 bridgehead atoms. The Morgan fingerprint density at radius 2 is 2.44 bits per heavy atom. The number of carbonyl (C=O) groups excluding carboxylic acids is 1. The Labute approximate surface area is 104 Å². The fraction of sp³-hybridized carbons (Fsp3) is 0.417. The molecule has 0 atom stereocenters. The van der Waals surface area contributed by atoms with Gasteiger partial charge < -0.3 is 14.3 Å². The average molecular weight is 246 g/mol. The third-order valence-corrected chi connectivity index (χ3v) is 3.20. The summed E-state index contributed by atoms with van der Waals surface area (Å²) in [4.78, 5) is 11.9. The van der Waals surface area contributed by atoms with E-state index in [9.17, 15) is 4.79 Å². The molecule has 0 aliphatic carbocycles. The zero-order chi connectivity index (χ0) is 12.5. The van der Waals surface area contributed by atoms with Crippen LogP contribution in [0.1, 0.15) is 34.2 Å². The number of carbonyl (C=O) groups is 1. The quantitative estimate of drug-likeness (QED) is 0.878. The molecule has 3 heterocycles. The number of aromatic nitrogens is 3. The van der Waals surface area contributed by atoms with E-state index >= 15 is 0 Å². The Kier molecular flexibility index (Phi) is 2.62. The van der Waals surface area contributed by atoms with Crippen LogP contribution in [0.25, 0.3) is 0 Å². The van der Waals surface area contributed by atoms with E-state index in [-0.39, 0.29) is 5.91 Å². The van der Waals surface area contributed by atoms with Crippen molar-refractivity contribution in [2.45, 2.75) is 32.9 Å². The van der Waals surface area contributed by atoms with Crippen LogP contribution < -0.4 is 5.32 Å². The van der Waals surface area contributed by atoms with Gasteiger partial charge in [-0.15, -0.1) is 10.2 Å². The molecule has 3 rings (SSSR count). The van der Waals surface area contributed by atoms with Crippen LogP contribution >= 0.6 is 0 Å². The lowest BCUT2D eigenvalue weighted by Gasteiger charge is -2.04. The lowest BCUT2D eigenvalue weighted by atomic mass is 10.2. The van der Waals surface area contributed by atoms with Gasteiger partial charge in [0.05, 0.1) is 18.4 Å². The lowest BCUT2D eigenvalue weighted by molar-refractivity contribution is 0.0948. The number of hydrogen-bond donors (Lipinski definition) is 1. The van der Waals surface area contributed by atoms with Gasteiger partial charge in [-0.1, -0.05) is 0 Å². The number of amides is 1. The number of hydrogen-bond acceptors (Lipinski definition) is 4. The van der Waals surface area contributed by atoms with E-state index in [0.29, 0.717) is 17.9 Å². The van der Waals surface area contributed by atoms with Gasteiger partial charge in [0.2, 0.25) is 0 Å². The summed E-state index contributed by atoms with van der Waals surface area (Å²) in [5.74, 6) is 2.31. The smallest absolute Gasteiger partial charge is 0.255 e. The van der Waals surface area contributed by atoms with Crippen molar-refractivity contribution >= 4 is 5.91 Å². The minimum Gasteiger partial charge on any atom is -0.469 e. The van der Waals surface area contributed by atoms with Gasteiger partial charge in [0.25, 0.3) is 5.91 Å². The number of rotatable bonds is 3. The van der Waals surface area contributed by atoms with Crippen LogP contribution in [0, 0.1) is 6.92 Å². The number of nitrogens with one attached hydrogen (secondary N) is 1. The second-order valence-corrected chi connectivity index (χ2v) is 4.36. The first-order valence-corrected chi connectivity index (χ1v) is 5.99. The van der Waals surface area contributed by atoms with Crippen LogP contribution in [0.2, 0.25) is 0 Å². The SMILES string of the molecule is Cc1occc1C(=O)NCc1nnc2n1CCC2. The molecule has 18 heavy (non-hydrogen) atoms. The van der Waals surface area contributed by atoms with Gasteiger partial charge in [0.1, 0.15) is 11.6 Å². The van der Waals surface area contributed by atoms with Gasteiger partial charge in [-0.05, 0) is 19.4 Å². The van der Waals surface area contributed by atoms with Crippen molar-refractivity contribution < 1.29 is 9.21 Å². The zero-order valence-corrected chi connectivity index (χ0v) is 10.1. The molecule has 0 spiro atoms. The van der Waals surface area contributed by atoms with Crippen molar-refractivity contribution in [2.75, 3.05) is 0 Å². The Morgan fingerprint density at radius 1 is 1.56 bits per heavy atom. The summed E-state index contributed by atoms with van der Waals surface area (Å²) in [5.41, 5.74) is 0.566. The predicted octanol–water partition coefficient (Wildman–Crippen LogP) is 1.06. The van der Waals surface area contributed by atoms with Crippen molar-refractivity contribution in [3.05, 3.63) is 35.3 Å². The van der Waals surface area contributed by atoms with Crippen molar-refractivity contribution in [3.63, 3.8) is 0 Å². The molecule has 2 aromatic rings. The third kappa shape index (κ3) is 1.79. The zero-order valence-electron chi connectivity index (χ0n) is 10.1. The Hall–Kier alpha value is -2.11. The van der Waals surface area contributed by atoms with Crippen LogP contribution in [-0.2, 0) is 19.5 Å². The normalized spacial score (nSPS) is 13.6. The van der Waals surface area contributed by atoms with Gasteiger partial charge in [-0.3, -0.25) is 4.79 Å². The van der Waals surface area contributed by atoms with Gasteiger partial charge in [0.15, 0.2) is 5.82 Å². The first kappa shape index (κ1) is 11.0. The molecule has 94 valence electrons. The summed E-state index contributed by atoms with van der Waals surface area (Å²) in [6, 6.07) is 1.67. The van der Waals surface area contributed by atoms with Crippen LogP contribution in [0.5, 0.6) is 0 Å². The van der Waals surface area contributed by atoms with Gasteiger partial charge >= 0.3 is 0 Å². The van der Waals surface area contributed by atoms with Gasteiger partial charge in [-0.2, -0.15) is 0 Å². The Balaban J connectivity index is 1.68. The van der Waals surface area contributed by atoms with Crippen LogP contribution in [0.4, 0.5) is 0 Å². The molecule has 1 amide bonds.